The fourth-order valence-corrected chi connectivity index (χ4v) is 3.31. The molecule has 0 N–H and O–H groups in total. The smallest absolute Gasteiger partial charge is 0.271 e. The second-order valence-electron chi connectivity index (χ2n) is 7.20. The number of nitro groups is 1. The highest BCUT2D eigenvalue weighted by Gasteiger charge is 2.15. The van der Waals surface area contributed by atoms with E-state index in [1.54, 1.807) is 12.1 Å². The van der Waals surface area contributed by atoms with Crippen LogP contribution in [-0.4, -0.2) is 16.5 Å². The van der Waals surface area contributed by atoms with Crippen molar-refractivity contribution in [3.05, 3.63) is 76.6 Å². The zero-order valence-corrected chi connectivity index (χ0v) is 17.0. The van der Waals surface area contributed by atoms with Crippen LogP contribution in [0.1, 0.15) is 26.2 Å². The number of fused-ring (bicyclic) bond motifs is 1. The predicted octanol–water partition coefficient (Wildman–Crippen LogP) is 6.78. The van der Waals surface area contributed by atoms with Gasteiger partial charge in [-0.2, -0.15) is 0 Å². The summed E-state index contributed by atoms with van der Waals surface area (Å²) in [7, 11) is 0. The van der Waals surface area contributed by atoms with Crippen LogP contribution in [0.2, 0.25) is 0 Å². The van der Waals surface area contributed by atoms with E-state index < -0.39 is 10.7 Å². The first-order chi connectivity index (χ1) is 15.0. The Balaban J connectivity index is 1.54. The highest BCUT2D eigenvalue weighted by Crippen LogP contribution is 2.31. The molecule has 3 aromatic carbocycles. The monoisotopic (exact) mass is 420 g/mol. The maximum atomic E-state index is 14.8. The number of hydrogen-bond donors (Lipinski definition) is 0. The minimum absolute atomic E-state index is 0.0772. The average molecular weight is 420 g/mol. The molecule has 0 spiro atoms. The van der Waals surface area contributed by atoms with Crippen molar-refractivity contribution in [3.8, 4) is 28.3 Å². The van der Waals surface area contributed by atoms with E-state index in [1.807, 2.05) is 24.3 Å². The Morgan fingerprint density at radius 3 is 2.52 bits per heavy atom. The van der Waals surface area contributed by atoms with Crippen LogP contribution >= 0.6 is 0 Å². The van der Waals surface area contributed by atoms with E-state index in [0.717, 1.165) is 30.6 Å². The number of aromatic nitrogens is 1. The first kappa shape index (κ1) is 20.5. The second-order valence-corrected chi connectivity index (χ2v) is 7.20. The molecule has 7 heteroatoms. The molecule has 0 saturated heterocycles. The van der Waals surface area contributed by atoms with Gasteiger partial charge in [-0.25, -0.2) is 9.37 Å². The number of hydrogen-bond acceptors (Lipinski definition) is 5. The largest absolute Gasteiger partial charge is 0.494 e. The Labute approximate surface area is 178 Å². The third-order valence-corrected chi connectivity index (χ3v) is 4.98. The second kappa shape index (κ2) is 8.95. The summed E-state index contributed by atoms with van der Waals surface area (Å²) < 4.78 is 26.2. The Kier molecular flexibility index (Phi) is 5.93. The molecule has 0 aliphatic carbocycles. The Hall–Kier alpha value is -3.74. The predicted molar refractivity (Wildman–Crippen MR) is 117 cm³/mol. The number of halogens is 1. The number of unbranched alkanes of at least 4 members (excludes halogenated alkanes) is 2. The maximum absolute atomic E-state index is 14.8. The van der Waals surface area contributed by atoms with E-state index in [0.29, 0.717) is 28.8 Å². The number of ether oxygens (including phenoxy) is 1. The van der Waals surface area contributed by atoms with Gasteiger partial charge in [0.15, 0.2) is 5.58 Å². The minimum atomic E-state index is -0.496. The lowest BCUT2D eigenvalue weighted by molar-refractivity contribution is -0.384. The van der Waals surface area contributed by atoms with Crippen molar-refractivity contribution in [2.45, 2.75) is 26.2 Å². The number of nitro benzene ring substituents is 1. The standard InChI is InChI=1S/C24H21FN2O4/c1-2-3-4-13-30-19-9-5-16(6-10-19)20-11-7-17(14-21(20)25)24-26-22-15-18(27(28)29)8-12-23(22)31-24/h5-12,14-15H,2-4,13H2,1H3. The molecule has 0 bridgehead atoms. The molecule has 0 unspecified atom stereocenters. The van der Waals surface area contributed by atoms with Crippen molar-refractivity contribution in [2.75, 3.05) is 6.61 Å². The summed E-state index contributed by atoms with van der Waals surface area (Å²) >= 11 is 0. The van der Waals surface area contributed by atoms with Gasteiger partial charge < -0.3 is 9.15 Å². The fraction of sp³-hybridized carbons (Fsp3) is 0.208. The summed E-state index contributed by atoms with van der Waals surface area (Å²) in [6.45, 7) is 2.81. The van der Waals surface area contributed by atoms with Crippen LogP contribution < -0.4 is 4.74 Å². The van der Waals surface area contributed by atoms with E-state index in [1.165, 1.54) is 24.3 Å². The highest BCUT2D eigenvalue weighted by molar-refractivity contribution is 5.79. The lowest BCUT2D eigenvalue weighted by atomic mass is 10.0. The van der Waals surface area contributed by atoms with Crippen molar-refractivity contribution in [2.24, 2.45) is 0 Å². The Bertz CT molecular complexity index is 1220. The zero-order chi connectivity index (χ0) is 21.8. The molecule has 0 amide bonds. The molecule has 6 nitrogen and oxygen atoms in total. The number of benzene rings is 3. The molecule has 158 valence electrons. The quantitative estimate of drug-likeness (QED) is 0.178. The van der Waals surface area contributed by atoms with Gasteiger partial charge in [-0.1, -0.05) is 38.0 Å². The SMILES string of the molecule is CCCCCOc1ccc(-c2ccc(-c3nc4cc([N+](=O)[O-])ccc4o3)cc2F)cc1. The van der Waals surface area contributed by atoms with E-state index in [9.17, 15) is 14.5 Å². The van der Waals surface area contributed by atoms with Gasteiger partial charge in [-0.15, -0.1) is 0 Å². The van der Waals surface area contributed by atoms with Crippen molar-refractivity contribution in [1.82, 2.24) is 4.98 Å². The van der Waals surface area contributed by atoms with Gasteiger partial charge in [0.2, 0.25) is 5.89 Å². The molecule has 0 fully saturated rings. The molecule has 4 rings (SSSR count). The van der Waals surface area contributed by atoms with Crippen molar-refractivity contribution in [1.29, 1.82) is 0 Å². The van der Waals surface area contributed by atoms with Crippen LogP contribution in [0.15, 0.2) is 65.1 Å². The van der Waals surface area contributed by atoms with Crippen LogP contribution in [0.5, 0.6) is 5.75 Å². The first-order valence-corrected chi connectivity index (χ1v) is 10.1. The number of non-ortho nitro benzene ring substituents is 1. The number of nitrogens with zero attached hydrogens (tertiary/aromatic N) is 2. The molecule has 4 aromatic rings. The summed E-state index contributed by atoms with van der Waals surface area (Å²) in [5.74, 6) is 0.552. The number of rotatable bonds is 8. The lowest BCUT2D eigenvalue weighted by Gasteiger charge is -2.08. The van der Waals surface area contributed by atoms with Crippen molar-refractivity contribution >= 4 is 16.8 Å². The van der Waals surface area contributed by atoms with E-state index in [4.69, 9.17) is 9.15 Å². The fourth-order valence-electron chi connectivity index (χ4n) is 3.31. The molecule has 0 aliphatic heterocycles. The normalized spacial score (nSPS) is 11.0. The van der Waals surface area contributed by atoms with Crippen LogP contribution in [0.25, 0.3) is 33.7 Å². The van der Waals surface area contributed by atoms with Crippen molar-refractivity contribution < 1.29 is 18.5 Å². The zero-order valence-electron chi connectivity index (χ0n) is 17.0. The molecule has 0 saturated carbocycles. The van der Waals surface area contributed by atoms with Crippen molar-refractivity contribution in [3.63, 3.8) is 0 Å². The first-order valence-electron chi connectivity index (χ1n) is 10.1. The summed E-state index contributed by atoms with van der Waals surface area (Å²) in [6.07, 6.45) is 3.28. The molecule has 0 atom stereocenters. The van der Waals surface area contributed by atoms with Gasteiger partial charge in [0.25, 0.3) is 5.69 Å². The third-order valence-electron chi connectivity index (χ3n) is 4.98. The molecule has 1 heterocycles. The molecule has 1 aromatic heterocycles. The molecule has 31 heavy (non-hydrogen) atoms. The third kappa shape index (κ3) is 4.55. The lowest BCUT2D eigenvalue weighted by Crippen LogP contribution is -1.96. The summed E-state index contributed by atoms with van der Waals surface area (Å²) in [5, 5.41) is 10.9. The van der Waals surface area contributed by atoms with Gasteiger partial charge in [0.1, 0.15) is 17.1 Å². The van der Waals surface area contributed by atoms with Gasteiger partial charge in [0, 0.05) is 23.3 Å². The van der Waals surface area contributed by atoms with Gasteiger partial charge in [-0.3, -0.25) is 10.1 Å². The van der Waals surface area contributed by atoms with Gasteiger partial charge >= 0.3 is 0 Å². The Morgan fingerprint density at radius 1 is 1.03 bits per heavy atom. The summed E-state index contributed by atoms with van der Waals surface area (Å²) in [5.41, 5.74) is 2.32. The molecule has 0 radical (unpaired) electrons. The highest BCUT2D eigenvalue weighted by atomic mass is 19.1. The molecular weight excluding hydrogens is 399 g/mol. The van der Waals surface area contributed by atoms with Gasteiger partial charge in [-0.05, 0) is 42.3 Å². The van der Waals surface area contributed by atoms with Crippen LogP contribution in [0, 0.1) is 15.9 Å². The molecule has 0 aliphatic rings. The summed E-state index contributed by atoms with van der Waals surface area (Å²) in [4.78, 5) is 14.7. The van der Waals surface area contributed by atoms with Crippen LogP contribution in [0.3, 0.4) is 0 Å². The topological polar surface area (TPSA) is 78.4 Å². The van der Waals surface area contributed by atoms with E-state index in [-0.39, 0.29) is 11.6 Å². The van der Waals surface area contributed by atoms with Crippen LogP contribution in [0.4, 0.5) is 10.1 Å². The van der Waals surface area contributed by atoms with E-state index in [2.05, 4.69) is 11.9 Å². The van der Waals surface area contributed by atoms with Gasteiger partial charge in [0.05, 0.1) is 11.5 Å². The Morgan fingerprint density at radius 2 is 1.81 bits per heavy atom. The van der Waals surface area contributed by atoms with E-state index >= 15 is 0 Å². The summed E-state index contributed by atoms with van der Waals surface area (Å²) in [6, 6.07) is 16.2. The van der Waals surface area contributed by atoms with Crippen LogP contribution in [-0.2, 0) is 0 Å². The minimum Gasteiger partial charge on any atom is -0.494 e. The average Bonchev–Trinajstić information content (AvgIpc) is 3.21. The number of oxazole rings is 1. The maximum Gasteiger partial charge on any atom is 0.271 e. The molecular formula is C24H21FN2O4.